The van der Waals surface area contributed by atoms with Gasteiger partial charge in [0, 0.05) is 13.1 Å². The molecule has 2 fully saturated rings. The van der Waals surface area contributed by atoms with Crippen LogP contribution in [0, 0.1) is 5.92 Å². The van der Waals surface area contributed by atoms with Crippen molar-refractivity contribution in [3.8, 4) is 0 Å². The Bertz CT molecular complexity index is 282. The number of esters is 1. The second-order valence-corrected chi connectivity index (χ2v) is 5.50. The maximum absolute atomic E-state index is 11.8. The zero-order valence-corrected chi connectivity index (χ0v) is 11.6. The van der Waals surface area contributed by atoms with Gasteiger partial charge in [-0.15, -0.1) is 0 Å². The lowest BCUT2D eigenvalue weighted by Crippen LogP contribution is -2.42. The molecule has 0 saturated carbocycles. The normalized spacial score (nSPS) is 33.6. The number of ether oxygens (including phenoxy) is 2. The van der Waals surface area contributed by atoms with Gasteiger partial charge in [0.05, 0.1) is 24.7 Å². The quantitative estimate of drug-likeness (QED) is 0.718. The number of hydrogen-bond donors (Lipinski definition) is 0. The third-order valence-electron chi connectivity index (χ3n) is 3.91. The fourth-order valence-electron chi connectivity index (χ4n) is 2.98. The van der Waals surface area contributed by atoms with E-state index < -0.39 is 0 Å². The molecular weight excluding hydrogens is 230 g/mol. The van der Waals surface area contributed by atoms with Crippen LogP contribution < -0.4 is 0 Å². The first-order valence-electron chi connectivity index (χ1n) is 7.23. The number of carbonyl (C=O) groups is 1. The Morgan fingerprint density at radius 1 is 1.39 bits per heavy atom. The fraction of sp³-hybridized carbons (Fsp3) is 0.929. The second kappa shape index (κ2) is 6.53. The smallest absolute Gasteiger partial charge is 0.310 e. The summed E-state index contributed by atoms with van der Waals surface area (Å²) in [5.74, 6) is 0.0421. The summed E-state index contributed by atoms with van der Waals surface area (Å²) in [6.45, 7) is 7.39. The maximum atomic E-state index is 11.8. The lowest BCUT2D eigenvalue weighted by molar-refractivity contribution is -0.150. The van der Waals surface area contributed by atoms with Crippen LogP contribution in [0.1, 0.15) is 39.5 Å². The van der Waals surface area contributed by atoms with Crippen molar-refractivity contribution in [2.75, 3.05) is 26.2 Å². The molecule has 2 rings (SSSR count). The van der Waals surface area contributed by atoms with Crippen molar-refractivity contribution in [3.05, 3.63) is 0 Å². The Labute approximate surface area is 110 Å². The highest BCUT2D eigenvalue weighted by Gasteiger charge is 2.30. The summed E-state index contributed by atoms with van der Waals surface area (Å²) in [5.41, 5.74) is 0. The minimum absolute atomic E-state index is 0.0251. The summed E-state index contributed by atoms with van der Waals surface area (Å²) >= 11 is 0. The summed E-state index contributed by atoms with van der Waals surface area (Å²) in [4.78, 5) is 14.1. The predicted octanol–water partition coefficient (Wildman–Crippen LogP) is 1.83. The van der Waals surface area contributed by atoms with Crippen molar-refractivity contribution in [1.29, 1.82) is 0 Å². The van der Waals surface area contributed by atoms with Gasteiger partial charge in [-0.25, -0.2) is 0 Å². The van der Waals surface area contributed by atoms with Crippen molar-refractivity contribution < 1.29 is 14.3 Å². The van der Waals surface area contributed by atoms with E-state index in [4.69, 9.17) is 9.47 Å². The Hall–Kier alpha value is -0.610. The molecule has 2 heterocycles. The molecule has 0 spiro atoms. The first-order valence-corrected chi connectivity index (χ1v) is 7.23. The standard InChI is InChI=1S/C14H25NO3/c1-3-17-14(16)12-5-4-8-15(9-12)10-13-7-6-11(2)18-13/h11-13H,3-10H2,1-2H3/t11?,12-,13?/m0/s1. The number of rotatable bonds is 4. The molecule has 0 aromatic carbocycles. The van der Waals surface area contributed by atoms with Crippen molar-refractivity contribution in [2.24, 2.45) is 5.92 Å². The Kier molecular flexibility index (Phi) is 5.01. The highest BCUT2D eigenvalue weighted by molar-refractivity contribution is 5.72. The van der Waals surface area contributed by atoms with Gasteiger partial charge >= 0.3 is 5.97 Å². The van der Waals surface area contributed by atoms with Crippen molar-refractivity contribution >= 4 is 5.97 Å². The van der Waals surface area contributed by atoms with E-state index in [9.17, 15) is 4.79 Å². The molecule has 2 aliphatic rings. The van der Waals surface area contributed by atoms with Gasteiger partial charge in [0.25, 0.3) is 0 Å². The first kappa shape index (κ1) is 13.8. The van der Waals surface area contributed by atoms with Crippen molar-refractivity contribution in [1.82, 2.24) is 4.90 Å². The van der Waals surface area contributed by atoms with Crippen molar-refractivity contribution in [2.45, 2.75) is 51.7 Å². The lowest BCUT2D eigenvalue weighted by Gasteiger charge is -2.32. The van der Waals surface area contributed by atoms with Crippen LogP contribution in [0.4, 0.5) is 0 Å². The van der Waals surface area contributed by atoms with Crippen molar-refractivity contribution in [3.63, 3.8) is 0 Å². The Balaban J connectivity index is 1.77. The minimum atomic E-state index is -0.0251. The first-order chi connectivity index (χ1) is 8.69. The summed E-state index contributed by atoms with van der Waals surface area (Å²) in [7, 11) is 0. The third kappa shape index (κ3) is 3.69. The van der Waals surface area contributed by atoms with Gasteiger partial charge < -0.3 is 9.47 Å². The summed E-state index contributed by atoms with van der Waals surface area (Å²) in [6, 6.07) is 0. The molecular formula is C14H25NO3. The van der Waals surface area contributed by atoms with E-state index >= 15 is 0 Å². The highest BCUT2D eigenvalue weighted by Crippen LogP contribution is 2.23. The molecule has 0 aliphatic carbocycles. The SMILES string of the molecule is CCOC(=O)[C@H]1CCCN(CC2CCC(C)O2)C1. The summed E-state index contributed by atoms with van der Waals surface area (Å²) in [5, 5.41) is 0. The third-order valence-corrected chi connectivity index (χ3v) is 3.91. The van der Waals surface area contributed by atoms with E-state index in [2.05, 4.69) is 11.8 Å². The molecule has 0 bridgehead atoms. The van der Waals surface area contributed by atoms with Crippen LogP contribution in [0.2, 0.25) is 0 Å². The molecule has 2 saturated heterocycles. The molecule has 0 aromatic heterocycles. The second-order valence-electron chi connectivity index (χ2n) is 5.50. The fourth-order valence-corrected chi connectivity index (χ4v) is 2.98. The average Bonchev–Trinajstić information content (AvgIpc) is 2.75. The van der Waals surface area contributed by atoms with E-state index in [1.165, 1.54) is 6.42 Å². The van der Waals surface area contributed by atoms with E-state index in [1.807, 2.05) is 6.92 Å². The monoisotopic (exact) mass is 255 g/mol. The topological polar surface area (TPSA) is 38.8 Å². The summed E-state index contributed by atoms with van der Waals surface area (Å²) in [6.07, 6.45) is 5.14. The van der Waals surface area contributed by atoms with Gasteiger partial charge in [-0.3, -0.25) is 9.69 Å². The van der Waals surface area contributed by atoms with Crippen LogP contribution in [0.5, 0.6) is 0 Å². The van der Waals surface area contributed by atoms with Crippen LogP contribution in [0.25, 0.3) is 0 Å². The van der Waals surface area contributed by atoms with Crippen LogP contribution in [-0.4, -0.2) is 49.3 Å². The Morgan fingerprint density at radius 2 is 2.22 bits per heavy atom. The molecule has 18 heavy (non-hydrogen) atoms. The molecule has 4 heteroatoms. The van der Waals surface area contributed by atoms with Crippen LogP contribution in [0.15, 0.2) is 0 Å². The van der Waals surface area contributed by atoms with Gasteiger partial charge in [-0.2, -0.15) is 0 Å². The molecule has 0 radical (unpaired) electrons. The molecule has 104 valence electrons. The van der Waals surface area contributed by atoms with E-state index in [1.54, 1.807) is 0 Å². The van der Waals surface area contributed by atoms with Crippen LogP contribution >= 0.6 is 0 Å². The van der Waals surface area contributed by atoms with Crippen LogP contribution in [-0.2, 0) is 14.3 Å². The number of hydrogen-bond acceptors (Lipinski definition) is 4. The van der Waals surface area contributed by atoms with Crippen LogP contribution in [0.3, 0.4) is 0 Å². The maximum Gasteiger partial charge on any atom is 0.310 e. The largest absolute Gasteiger partial charge is 0.466 e. The molecule has 4 nitrogen and oxygen atoms in total. The van der Waals surface area contributed by atoms with Gasteiger partial charge in [-0.1, -0.05) is 0 Å². The number of carbonyl (C=O) groups excluding carboxylic acids is 1. The van der Waals surface area contributed by atoms with E-state index in [0.717, 1.165) is 38.9 Å². The zero-order valence-electron chi connectivity index (χ0n) is 11.6. The minimum Gasteiger partial charge on any atom is -0.466 e. The van der Waals surface area contributed by atoms with Gasteiger partial charge in [0.2, 0.25) is 0 Å². The number of nitrogens with zero attached hydrogens (tertiary/aromatic N) is 1. The van der Waals surface area contributed by atoms with E-state index in [-0.39, 0.29) is 11.9 Å². The molecule has 0 aromatic rings. The number of piperidine rings is 1. The molecule has 0 N–H and O–H groups in total. The molecule has 3 atom stereocenters. The van der Waals surface area contributed by atoms with E-state index in [0.29, 0.717) is 18.8 Å². The van der Waals surface area contributed by atoms with Gasteiger partial charge in [-0.05, 0) is 46.1 Å². The van der Waals surface area contributed by atoms with Gasteiger partial charge in [0.1, 0.15) is 0 Å². The van der Waals surface area contributed by atoms with Gasteiger partial charge in [0.15, 0.2) is 0 Å². The highest BCUT2D eigenvalue weighted by atomic mass is 16.5. The Morgan fingerprint density at radius 3 is 2.89 bits per heavy atom. The zero-order chi connectivity index (χ0) is 13.0. The molecule has 2 unspecified atom stereocenters. The average molecular weight is 255 g/mol. The molecule has 0 amide bonds. The predicted molar refractivity (Wildman–Crippen MR) is 69.4 cm³/mol. The lowest BCUT2D eigenvalue weighted by atomic mass is 9.98. The molecule has 2 aliphatic heterocycles. The number of likely N-dealkylation sites (tertiary alicyclic amines) is 1. The summed E-state index contributed by atoms with van der Waals surface area (Å²) < 4.78 is 11.0.